The van der Waals surface area contributed by atoms with E-state index in [2.05, 4.69) is 32.1 Å². The van der Waals surface area contributed by atoms with Gasteiger partial charge in [-0.15, -0.1) is 0 Å². The Balaban J connectivity index is 1.04. The maximum absolute atomic E-state index is 13.2. The van der Waals surface area contributed by atoms with Crippen molar-refractivity contribution in [1.82, 2.24) is 24.8 Å². The summed E-state index contributed by atoms with van der Waals surface area (Å²) in [7, 11) is 1.62. The first kappa shape index (κ1) is 32.5. The van der Waals surface area contributed by atoms with Gasteiger partial charge in [0.05, 0.1) is 29.5 Å². The fourth-order valence-corrected chi connectivity index (χ4v) is 7.58. The number of aliphatic hydroxyl groups excluding tert-OH is 1. The first-order valence-electron chi connectivity index (χ1n) is 16.1. The van der Waals surface area contributed by atoms with Gasteiger partial charge in [0.1, 0.15) is 18.0 Å². The van der Waals surface area contributed by atoms with E-state index < -0.39 is 11.7 Å². The third kappa shape index (κ3) is 7.12. The number of nitrogens with one attached hydrogen (secondary N) is 1. The lowest BCUT2D eigenvalue weighted by Crippen LogP contribution is -2.60. The van der Waals surface area contributed by atoms with Gasteiger partial charge in [0.15, 0.2) is 11.0 Å². The lowest BCUT2D eigenvalue weighted by molar-refractivity contribution is -0.125. The number of carbonyl (C=O) groups excluding carboxylic acids is 2. The molecular formula is C33H44N6O6S. The molecule has 0 spiro atoms. The minimum atomic E-state index is -0.513. The molecule has 0 bridgehead atoms. The van der Waals surface area contributed by atoms with Crippen LogP contribution in [0, 0.1) is 5.92 Å². The number of ether oxygens (including phenoxy) is 3. The molecular weight excluding hydrogens is 608 g/mol. The van der Waals surface area contributed by atoms with Crippen molar-refractivity contribution in [2.75, 3.05) is 32.1 Å². The molecule has 1 aromatic carbocycles. The van der Waals surface area contributed by atoms with E-state index in [9.17, 15) is 14.7 Å². The van der Waals surface area contributed by atoms with E-state index in [0.717, 1.165) is 60.0 Å². The van der Waals surface area contributed by atoms with Crippen LogP contribution in [-0.4, -0.2) is 98.5 Å². The van der Waals surface area contributed by atoms with Gasteiger partial charge in [-0.2, -0.15) is 0 Å². The maximum Gasteiger partial charge on any atom is 0.410 e. The molecule has 0 unspecified atom stereocenters. The number of nitrogens with zero attached hydrogens (tertiary/aromatic N) is 5. The fourth-order valence-electron chi connectivity index (χ4n) is 6.59. The van der Waals surface area contributed by atoms with Crippen LogP contribution in [0.5, 0.6) is 5.75 Å². The zero-order chi connectivity index (χ0) is 32.6. The number of aliphatic hydroxyl groups is 1. The van der Waals surface area contributed by atoms with Crippen molar-refractivity contribution in [3.63, 3.8) is 0 Å². The lowest BCUT2D eigenvalue weighted by Gasteiger charge is -2.49. The molecule has 2 aliphatic carbocycles. The van der Waals surface area contributed by atoms with Crippen LogP contribution in [0.2, 0.25) is 0 Å². The number of rotatable bonds is 8. The summed E-state index contributed by atoms with van der Waals surface area (Å²) in [6, 6.07) is 4.35. The van der Waals surface area contributed by atoms with Crippen LogP contribution < -0.4 is 10.1 Å². The van der Waals surface area contributed by atoms with Crippen molar-refractivity contribution in [1.29, 1.82) is 0 Å². The van der Waals surface area contributed by atoms with E-state index in [1.54, 1.807) is 24.4 Å². The molecule has 2 saturated carbocycles. The predicted molar refractivity (Wildman–Crippen MR) is 175 cm³/mol. The van der Waals surface area contributed by atoms with Gasteiger partial charge in [0, 0.05) is 61.2 Å². The fraction of sp³-hybridized carbons (Fsp3) is 0.606. The molecule has 1 aliphatic heterocycles. The molecule has 3 fully saturated rings. The summed E-state index contributed by atoms with van der Waals surface area (Å²) in [4.78, 5) is 43.5. The Morgan fingerprint density at radius 1 is 1.13 bits per heavy atom. The smallest absolute Gasteiger partial charge is 0.410 e. The highest BCUT2D eigenvalue weighted by Gasteiger charge is 2.42. The van der Waals surface area contributed by atoms with Crippen LogP contribution in [0.4, 0.5) is 9.93 Å². The molecule has 2 amide bonds. The highest BCUT2D eigenvalue weighted by Crippen LogP contribution is 2.41. The topological polar surface area (TPSA) is 139 Å². The minimum Gasteiger partial charge on any atom is -0.495 e. The second-order valence-corrected chi connectivity index (χ2v) is 14.6. The molecule has 3 heterocycles. The third-order valence-electron chi connectivity index (χ3n) is 9.09. The van der Waals surface area contributed by atoms with E-state index in [1.807, 2.05) is 32.9 Å². The van der Waals surface area contributed by atoms with Crippen molar-refractivity contribution in [2.24, 2.45) is 5.92 Å². The second kappa shape index (κ2) is 13.4. The van der Waals surface area contributed by atoms with Gasteiger partial charge in [-0.05, 0) is 71.9 Å². The largest absolute Gasteiger partial charge is 0.495 e. The zero-order valence-electron chi connectivity index (χ0n) is 27.2. The van der Waals surface area contributed by atoms with Gasteiger partial charge in [-0.25, -0.2) is 19.7 Å². The number of aromatic nitrogens is 3. The van der Waals surface area contributed by atoms with E-state index in [-0.39, 0.29) is 36.7 Å². The van der Waals surface area contributed by atoms with E-state index in [4.69, 9.17) is 14.2 Å². The van der Waals surface area contributed by atoms with E-state index in [1.165, 1.54) is 11.3 Å². The van der Waals surface area contributed by atoms with Gasteiger partial charge >= 0.3 is 6.09 Å². The molecule has 2 N–H and O–H groups in total. The first-order valence-corrected chi connectivity index (χ1v) is 16.9. The van der Waals surface area contributed by atoms with Gasteiger partial charge in [-0.1, -0.05) is 11.3 Å². The van der Waals surface area contributed by atoms with E-state index in [0.29, 0.717) is 35.8 Å². The summed E-state index contributed by atoms with van der Waals surface area (Å²) in [6.07, 6.45) is 6.80. The molecule has 12 nitrogen and oxygen atoms in total. The summed E-state index contributed by atoms with van der Waals surface area (Å²) in [5.74, 6) is 1.11. The number of amides is 2. The highest BCUT2D eigenvalue weighted by molar-refractivity contribution is 7.22. The van der Waals surface area contributed by atoms with Crippen LogP contribution in [0.1, 0.15) is 65.6 Å². The Kier molecular flexibility index (Phi) is 9.47. The predicted octanol–water partition coefficient (Wildman–Crippen LogP) is 4.85. The summed E-state index contributed by atoms with van der Waals surface area (Å²) < 4.78 is 18.0. The molecule has 13 heteroatoms. The molecule has 3 aliphatic rings. The first-order chi connectivity index (χ1) is 22.0. The highest BCUT2D eigenvalue weighted by atomic mass is 32.1. The van der Waals surface area contributed by atoms with E-state index >= 15 is 0 Å². The van der Waals surface area contributed by atoms with Gasteiger partial charge in [0.2, 0.25) is 5.91 Å². The monoisotopic (exact) mass is 652 g/mol. The minimum absolute atomic E-state index is 0.0223. The lowest BCUT2D eigenvalue weighted by atomic mass is 9.78. The summed E-state index contributed by atoms with van der Waals surface area (Å²) in [5.41, 5.74) is 1.85. The number of benzene rings is 1. The Morgan fingerprint density at radius 3 is 2.54 bits per heavy atom. The van der Waals surface area contributed by atoms with Crippen molar-refractivity contribution in [2.45, 2.75) is 96.3 Å². The quantitative estimate of drug-likeness (QED) is 0.347. The average Bonchev–Trinajstić information content (AvgIpc) is 3.59. The molecule has 0 radical (unpaired) electrons. The van der Waals surface area contributed by atoms with Gasteiger partial charge < -0.3 is 29.5 Å². The van der Waals surface area contributed by atoms with Gasteiger partial charge in [0.25, 0.3) is 0 Å². The Labute approximate surface area is 273 Å². The standard InChI is InChI=1S/C33H44N6O6S/c1-19-17-38(32(42)45-33(2,3)4)11-12-39(19)22-13-20(14-22)30(41)37-31-36-24-10-9-23(28(43-5)29(24)46-31)21-15-34-27(35-16-21)18-44-26-8-6-7-25(26)40/h9-10,15-16,19-20,22,25-26,40H,6-8,11-14,17-18H2,1-5H3,(H,36,37,41)/t19-,20-,22+,25-,26-/m0/s1. The van der Waals surface area contributed by atoms with Crippen LogP contribution in [0.15, 0.2) is 24.5 Å². The molecule has 46 heavy (non-hydrogen) atoms. The Morgan fingerprint density at radius 2 is 1.89 bits per heavy atom. The third-order valence-corrected chi connectivity index (χ3v) is 10.1. The Bertz CT molecular complexity index is 1550. The van der Waals surface area contributed by atoms with Crippen LogP contribution in [0.25, 0.3) is 21.3 Å². The van der Waals surface area contributed by atoms with Crippen molar-refractivity contribution >= 4 is 38.7 Å². The number of fused-ring (bicyclic) bond motifs is 1. The maximum atomic E-state index is 13.2. The summed E-state index contributed by atoms with van der Waals surface area (Å²) in [5, 5.41) is 13.6. The number of piperazine rings is 1. The van der Waals surface area contributed by atoms with Gasteiger partial charge in [-0.3, -0.25) is 9.69 Å². The number of hydrogen-bond acceptors (Lipinski definition) is 11. The van der Waals surface area contributed by atoms with Crippen molar-refractivity contribution in [3.05, 3.63) is 30.4 Å². The second-order valence-electron chi connectivity index (χ2n) is 13.6. The number of hydrogen-bond donors (Lipinski definition) is 2. The molecule has 1 saturated heterocycles. The molecule has 6 rings (SSSR count). The molecule has 3 aromatic rings. The molecule has 3 atom stereocenters. The average molecular weight is 653 g/mol. The number of methoxy groups -OCH3 is 1. The van der Waals surface area contributed by atoms with Crippen molar-refractivity contribution in [3.8, 4) is 16.9 Å². The summed E-state index contributed by atoms with van der Waals surface area (Å²) >= 11 is 1.39. The SMILES string of the molecule is COc1c(-c2cnc(CO[C@H]3CCC[C@@H]3O)nc2)ccc2nc(NC(=O)[C@H]3C[C@@H](N4CCN(C(=O)OC(C)(C)C)C[C@@H]4C)C3)sc12. The summed E-state index contributed by atoms with van der Waals surface area (Å²) in [6.45, 7) is 10.0. The number of carbonyl (C=O) groups is 2. The van der Waals surface area contributed by atoms with Crippen LogP contribution in [-0.2, 0) is 20.9 Å². The van der Waals surface area contributed by atoms with Crippen LogP contribution in [0.3, 0.4) is 0 Å². The number of anilines is 1. The number of thiazole rings is 1. The van der Waals surface area contributed by atoms with Crippen molar-refractivity contribution < 1.29 is 28.9 Å². The molecule has 248 valence electrons. The normalized spacial score (nSPS) is 25.3. The molecule has 2 aromatic heterocycles. The zero-order valence-corrected chi connectivity index (χ0v) is 28.0. The van der Waals surface area contributed by atoms with Crippen LogP contribution >= 0.6 is 11.3 Å². The Hall–Kier alpha value is -3.39.